The normalized spacial score (nSPS) is 19.3. The van der Waals surface area contributed by atoms with Crippen molar-refractivity contribution in [1.82, 2.24) is 9.88 Å². The zero-order valence-corrected chi connectivity index (χ0v) is 13.9. The lowest BCUT2D eigenvalue weighted by atomic mass is 9.95. The Morgan fingerprint density at radius 3 is 2.83 bits per heavy atom. The predicted octanol–water partition coefficient (Wildman–Crippen LogP) is 1.78. The Labute approximate surface area is 137 Å². The van der Waals surface area contributed by atoms with E-state index in [0.29, 0.717) is 32.1 Å². The van der Waals surface area contributed by atoms with Crippen LogP contribution in [0.1, 0.15) is 48.6 Å². The number of hydrogen-bond donors (Lipinski definition) is 1. The third-order valence-corrected chi connectivity index (χ3v) is 4.69. The van der Waals surface area contributed by atoms with Gasteiger partial charge < -0.3 is 20.1 Å². The highest BCUT2D eigenvalue weighted by Gasteiger charge is 2.32. The first-order valence-corrected chi connectivity index (χ1v) is 8.35. The molecule has 0 aromatic carbocycles. The van der Waals surface area contributed by atoms with Gasteiger partial charge in [0.15, 0.2) is 0 Å². The molecule has 1 aromatic rings. The van der Waals surface area contributed by atoms with Crippen molar-refractivity contribution in [1.29, 1.82) is 0 Å². The lowest BCUT2D eigenvalue weighted by molar-refractivity contribution is -0.144. The summed E-state index contributed by atoms with van der Waals surface area (Å²) in [6, 6.07) is 0. The highest BCUT2D eigenvalue weighted by Crippen LogP contribution is 2.33. The molecule has 0 radical (unpaired) electrons. The number of likely N-dealkylation sites (N-methyl/N-ethyl adjacent to an activating group) is 1. The van der Waals surface area contributed by atoms with Crippen LogP contribution < -0.4 is 5.73 Å². The molecule has 0 saturated carbocycles. The maximum atomic E-state index is 12.6. The lowest BCUT2D eigenvalue weighted by Crippen LogP contribution is -2.41. The molecule has 0 aliphatic carbocycles. The molecule has 126 valence electrons. The molecule has 2 N–H and O–H groups in total. The number of carbonyl (C=O) groups excluding carboxylic acids is 1. The summed E-state index contributed by atoms with van der Waals surface area (Å²) < 4.78 is 11.3. The minimum absolute atomic E-state index is 0.0521. The molecule has 2 aliphatic heterocycles. The molecule has 6 heteroatoms. The number of aromatic nitrogens is 1. The summed E-state index contributed by atoms with van der Waals surface area (Å²) in [5.41, 5.74) is 10.0. The van der Waals surface area contributed by atoms with Crippen molar-refractivity contribution >= 4 is 11.7 Å². The molecule has 1 amide bonds. The van der Waals surface area contributed by atoms with E-state index < -0.39 is 6.10 Å². The average Bonchev–Trinajstić information content (AvgIpc) is 3.05. The second-order valence-electron chi connectivity index (χ2n) is 6.34. The largest absolute Gasteiger partial charge is 0.383 e. The second kappa shape index (κ2) is 6.84. The molecular weight excluding hydrogens is 294 g/mol. The number of anilines is 1. The lowest BCUT2D eigenvalue weighted by Gasteiger charge is -2.29. The monoisotopic (exact) mass is 319 g/mol. The van der Waals surface area contributed by atoms with Crippen molar-refractivity contribution in [3.05, 3.63) is 22.4 Å². The average molecular weight is 319 g/mol. The Hall–Kier alpha value is -1.66. The van der Waals surface area contributed by atoms with E-state index in [2.05, 4.69) is 11.9 Å². The van der Waals surface area contributed by atoms with Crippen molar-refractivity contribution in [3.8, 4) is 0 Å². The van der Waals surface area contributed by atoms with Crippen LogP contribution in [-0.4, -0.2) is 35.5 Å². The molecule has 23 heavy (non-hydrogen) atoms. The Balaban J connectivity index is 1.73. The van der Waals surface area contributed by atoms with Crippen LogP contribution >= 0.6 is 0 Å². The van der Waals surface area contributed by atoms with Gasteiger partial charge in [-0.3, -0.25) is 4.79 Å². The molecule has 0 bridgehead atoms. The third kappa shape index (κ3) is 3.19. The highest BCUT2D eigenvalue weighted by molar-refractivity contribution is 5.81. The molecule has 0 saturated heterocycles. The summed E-state index contributed by atoms with van der Waals surface area (Å²) in [5, 5.41) is 0. The van der Waals surface area contributed by atoms with Gasteiger partial charge in [-0.25, -0.2) is 4.98 Å². The number of amides is 1. The van der Waals surface area contributed by atoms with Gasteiger partial charge in [0.1, 0.15) is 11.9 Å². The van der Waals surface area contributed by atoms with Crippen LogP contribution in [0.15, 0.2) is 0 Å². The van der Waals surface area contributed by atoms with Crippen molar-refractivity contribution in [2.24, 2.45) is 0 Å². The fourth-order valence-electron chi connectivity index (χ4n) is 3.28. The van der Waals surface area contributed by atoms with Gasteiger partial charge in [-0.1, -0.05) is 19.8 Å². The topological polar surface area (TPSA) is 77.7 Å². The molecule has 2 aliphatic rings. The Bertz CT molecular complexity index is 603. The summed E-state index contributed by atoms with van der Waals surface area (Å²) in [4.78, 5) is 18.8. The van der Waals surface area contributed by atoms with E-state index in [0.717, 1.165) is 48.2 Å². The molecule has 1 atom stereocenters. The number of nitrogen functional groups attached to an aromatic ring is 1. The summed E-state index contributed by atoms with van der Waals surface area (Å²) in [7, 11) is 1.85. The quantitative estimate of drug-likeness (QED) is 0.837. The number of carbonyl (C=O) groups is 1. The summed E-state index contributed by atoms with van der Waals surface area (Å²) >= 11 is 0. The van der Waals surface area contributed by atoms with Crippen molar-refractivity contribution < 1.29 is 14.3 Å². The summed E-state index contributed by atoms with van der Waals surface area (Å²) in [6.45, 7) is 4.34. The molecule has 0 spiro atoms. The van der Waals surface area contributed by atoms with E-state index in [1.54, 1.807) is 4.90 Å². The van der Waals surface area contributed by atoms with E-state index in [1.165, 1.54) is 0 Å². The molecule has 1 unspecified atom stereocenters. The number of unbranched alkanes of at least 4 members (excludes halogenated alkanes) is 2. The molecule has 0 fully saturated rings. The standard InChI is InChI=1S/C17H25N3O3/c1-3-4-5-6-20(2)17(21)15-7-11-12-8-22-9-13(12)16(18)19-14(11)10-23-15/h15H,3-10H2,1-2H3,(H2,18,19). The third-order valence-electron chi connectivity index (χ3n) is 4.69. The second-order valence-corrected chi connectivity index (χ2v) is 6.34. The van der Waals surface area contributed by atoms with Crippen LogP contribution in [0.25, 0.3) is 0 Å². The minimum Gasteiger partial charge on any atom is -0.383 e. The Kier molecular flexibility index (Phi) is 4.82. The molecule has 3 heterocycles. The van der Waals surface area contributed by atoms with Crippen LogP contribution in [0, 0.1) is 0 Å². The van der Waals surface area contributed by atoms with Gasteiger partial charge in [0.2, 0.25) is 0 Å². The number of nitrogens with two attached hydrogens (primary N) is 1. The van der Waals surface area contributed by atoms with Crippen molar-refractivity contribution in [2.75, 3.05) is 19.3 Å². The first-order valence-electron chi connectivity index (χ1n) is 8.35. The SMILES string of the molecule is CCCCCN(C)C(=O)C1Cc2c(nc(N)c3c2COC3)CO1. The van der Waals surface area contributed by atoms with E-state index in [9.17, 15) is 4.79 Å². The van der Waals surface area contributed by atoms with Crippen LogP contribution in [0.3, 0.4) is 0 Å². The van der Waals surface area contributed by atoms with Crippen LogP contribution in [0.5, 0.6) is 0 Å². The van der Waals surface area contributed by atoms with Crippen LogP contribution in [-0.2, 0) is 40.5 Å². The molecular formula is C17H25N3O3. The maximum Gasteiger partial charge on any atom is 0.251 e. The Morgan fingerprint density at radius 1 is 1.26 bits per heavy atom. The van der Waals surface area contributed by atoms with E-state index in [1.807, 2.05) is 7.05 Å². The van der Waals surface area contributed by atoms with Crippen molar-refractivity contribution in [3.63, 3.8) is 0 Å². The molecule has 3 rings (SSSR count). The highest BCUT2D eigenvalue weighted by atomic mass is 16.5. The molecule has 1 aromatic heterocycles. The first-order chi connectivity index (χ1) is 11.1. The fourth-order valence-corrected chi connectivity index (χ4v) is 3.28. The zero-order chi connectivity index (χ0) is 16.4. The van der Waals surface area contributed by atoms with E-state index in [-0.39, 0.29) is 5.91 Å². The Morgan fingerprint density at radius 2 is 2.04 bits per heavy atom. The zero-order valence-electron chi connectivity index (χ0n) is 13.9. The van der Waals surface area contributed by atoms with E-state index in [4.69, 9.17) is 15.2 Å². The molecule has 6 nitrogen and oxygen atoms in total. The van der Waals surface area contributed by atoms with E-state index >= 15 is 0 Å². The number of rotatable bonds is 5. The fraction of sp³-hybridized carbons (Fsp3) is 0.647. The van der Waals surface area contributed by atoms with Gasteiger partial charge >= 0.3 is 0 Å². The van der Waals surface area contributed by atoms with Crippen molar-refractivity contribution in [2.45, 2.75) is 58.5 Å². The minimum atomic E-state index is -0.427. The number of hydrogen-bond acceptors (Lipinski definition) is 5. The number of nitrogens with zero attached hydrogens (tertiary/aromatic N) is 2. The van der Waals surface area contributed by atoms with Gasteiger partial charge in [-0.15, -0.1) is 0 Å². The van der Waals surface area contributed by atoms with Gasteiger partial charge in [-0.2, -0.15) is 0 Å². The number of fused-ring (bicyclic) bond motifs is 3. The number of ether oxygens (including phenoxy) is 2. The summed E-state index contributed by atoms with van der Waals surface area (Å²) in [5.74, 6) is 0.581. The van der Waals surface area contributed by atoms with Crippen LogP contribution in [0.4, 0.5) is 5.82 Å². The van der Waals surface area contributed by atoms with Gasteiger partial charge in [-0.05, 0) is 17.5 Å². The van der Waals surface area contributed by atoms with Gasteiger partial charge in [0.05, 0.1) is 25.5 Å². The maximum absolute atomic E-state index is 12.6. The number of pyridine rings is 1. The first kappa shape index (κ1) is 16.2. The van der Waals surface area contributed by atoms with Gasteiger partial charge in [0.25, 0.3) is 5.91 Å². The van der Waals surface area contributed by atoms with Gasteiger partial charge in [0, 0.05) is 25.6 Å². The smallest absolute Gasteiger partial charge is 0.251 e. The predicted molar refractivity (Wildman–Crippen MR) is 86.6 cm³/mol. The summed E-state index contributed by atoms with van der Waals surface area (Å²) in [6.07, 6.45) is 3.45. The van der Waals surface area contributed by atoms with Crippen LogP contribution in [0.2, 0.25) is 0 Å².